The monoisotopic (exact) mass is 205 g/mol. The topological polar surface area (TPSA) is 26.0 Å². The van der Waals surface area contributed by atoms with Gasteiger partial charge in [0.25, 0.3) is 0 Å². The number of nitrogen functional groups attached to an aromatic ring is 1. The lowest BCUT2D eigenvalue weighted by atomic mass is 10.3. The Balaban J connectivity index is 0.000000364. The van der Waals surface area contributed by atoms with Crippen molar-refractivity contribution >= 4 is 5.69 Å². The molecule has 1 rings (SSSR count). The highest BCUT2D eigenvalue weighted by Crippen LogP contribution is 2.13. The fourth-order valence-electron chi connectivity index (χ4n) is 0.575. The zero-order chi connectivity index (χ0) is 11.3. The molecule has 80 valence electrons. The van der Waals surface area contributed by atoms with Crippen molar-refractivity contribution in [2.24, 2.45) is 5.92 Å². The maximum atomic E-state index is 12.1. The molecule has 0 saturated carbocycles. The maximum Gasteiger partial charge on any atom is 0.194 e. The van der Waals surface area contributed by atoms with Gasteiger partial charge in [-0.05, 0) is 5.92 Å². The Labute approximate surface area is 81.7 Å². The standard InChI is InChI=1S/C6H4F3N.C4H10/c7-4-1-3(10)2-5(8)6(4)9;1-4(2)3/h1-2H,10H2;4H,1-3H3. The highest BCUT2D eigenvalue weighted by atomic mass is 19.2. The molecule has 2 N–H and O–H groups in total. The van der Waals surface area contributed by atoms with Crippen LogP contribution in [0.25, 0.3) is 0 Å². The van der Waals surface area contributed by atoms with E-state index < -0.39 is 17.5 Å². The Hall–Kier alpha value is -1.19. The first-order valence-electron chi connectivity index (χ1n) is 4.24. The zero-order valence-electron chi connectivity index (χ0n) is 8.44. The van der Waals surface area contributed by atoms with Crippen molar-refractivity contribution in [3.8, 4) is 0 Å². The van der Waals surface area contributed by atoms with Gasteiger partial charge in [-0.3, -0.25) is 0 Å². The van der Waals surface area contributed by atoms with E-state index in [1.54, 1.807) is 0 Å². The number of rotatable bonds is 0. The quantitative estimate of drug-likeness (QED) is 0.510. The van der Waals surface area contributed by atoms with Crippen molar-refractivity contribution < 1.29 is 13.2 Å². The molecule has 1 aromatic rings. The Morgan fingerprint density at radius 1 is 1.00 bits per heavy atom. The highest BCUT2D eigenvalue weighted by molar-refractivity contribution is 5.38. The van der Waals surface area contributed by atoms with E-state index in [1.807, 2.05) is 0 Å². The van der Waals surface area contributed by atoms with E-state index in [-0.39, 0.29) is 5.69 Å². The van der Waals surface area contributed by atoms with Crippen LogP contribution in [0, 0.1) is 23.4 Å². The zero-order valence-corrected chi connectivity index (χ0v) is 8.44. The number of nitrogens with two attached hydrogens (primary N) is 1. The molecule has 0 fully saturated rings. The Morgan fingerprint density at radius 3 is 1.57 bits per heavy atom. The normalized spacial score (nSPS) is 9.64. The molecule has 14 heavy (non-hydrogen) atoms. The van der Waals surface area contributed by atoms with Gasteiger partial charge in [-0.1, -0.05) is 20.8 Å². The maximum absolute atomic E-state index is 12.1. The smallest absolute Gasteiger partial charge is 0.194 e. The summed E-state index contributed by atoms with van der Waals surface area (Å²) in [6.45, 7) is 6.50. The first-order chi connectivity index (χ1) is 6.34. The predicted molar refractivity (Wildman–Crippen MR) is 51.2 cm³/mol. The first kappa shape index (κ1) is 12.8. The Kier molecular flexibility index (Phi) is 5.05. The van der Waals surface area contributed by atoms with Crippen LogP contribution >= 0.6 is 0 Å². The average Bonchev–Trinajstić information content (AvgIpc) is 1.98. The minimum atomic E-state index is -1.49. The van der Waals surface area contributed by atoms with E-state index in [4.69, 9.17) is 5.73 Å². The minimum Gasteiger partial charge on any atom is -0.399 e. The van der Waals surface area contributed by atoms with Crippen molar-refractivity contribution in [1.82, 2.24) is 0 Å². The molecular weight excluding hydrogens is 191 g/mol. The van der Waals surface area contributed by atoms with Crippen LogP contribution < -0.4 is 5.73 Å². The number of hydrogen-bond acceptors (Lipinski definition) is 1. The predicted octanol–water partition coefficient (Wildman–Crippen LogP) is 3.35. The largest absolute Gasteiger partial charge is 0.399 e. The molecule has 0 unspecified atom stereocenters. The van der Waals surface area contributed by atoms with Crippen molar-refractivity contribution in [2.45, 2.75) is 20.8 Å². The van der Waals surface area contributed by atoms with Gasteiger partial charge in [0.15, 0.2) is 17.5 Å². The van der Waals surface area contributed by atoms with Crippen LogP contribution in [0.15, 0.2) is 12.1 Å². The number of halogens is 3. The molecule has 0 aliphatic carbocycles. The Bertz CT molecular complexity index is 272. The van der Waals surface area contributed by atoms with Gasteiger partial charge in [-0.25, -0.2) is 13.2 Å². The molecule has 1 nitrogen and oxygen atoms in total. The second-order valence-corrected chi connectivity index (χ2v) is 3.53. The summed E-state index contributed by atoms with van der Waals surface area (Å²) in [4.78, 5) is 0. The summed E-state index contributed by atoms with van der Waals surface area (Å²) in [6.07, 6.45) is 0. The van der Waals surface area contributed by atoms with E-state index in [2.05, 4.69) is 20.8 Å². The van der Waals surface area contributed by atoms with Crippen LogP contribution in [0.4, 0.5) is 18.9 Å². The van der Waals surface area contributed by atoms with Crippen LogP contribution in [0.3, 0.4) is 0 Å². The SMILES string of the molecule is CC(C)C.Nc1cc(F)c(F)c(F)c1. The lowest BCUT2D eigenvalue weighted by Gasteiger charge is -1.95. The molecule has 0 bridgehead atoms. The molecule has 0 amide bonds. The fourth-order valence-corrected chi connectivity index (χ4v) is 0.575. The molecule has 1 aromatic carbocycles. The lowest BCUT2D eigenvalue weighted by molar-refractivity contribution is 0.448. The first-order valence-corrected chi connectivity index (χ1v) is 4.24. The van der Waals surface area contributed by atoms with Gasteiger partial charge in [-0.15, -0.1) is 0 Å². The molecule has 0 spiro atoms. The van der Waals surface area contributed by atoms with Crippen molar-refractivity contribution in [3.63, 3.8) is 0 Å². The summed E-state index contributed by atoms with van der Waals surface area (Å²) in [7, 11) is 0. The second-order valence-electron chi connectivity index (χ2n) is 3.53. The van der Waals surface area contributed by atoms with E-state index >= 15 is 0 Å². The van der Waals surface area contributed by atoms with Gasteiger partial charge in [0.1, 0.15) is 0 Å². The summed E-state index contributed by atoms with van der Waals surface area (Å²) in [5.74, 6) is -3.19. The molecule has 0 saturated heterocycles. The lowest BCUT2D eigenvalue weighted by Crippen LogP contribution is -1.93. The van der Waals surface area contributed by atoms with E-state index in [9.17, 15) is 13.2 Å². The molecule has 0 aliphatic heterocycles. The van der Waals surface area contributed by atoms with Crippen LogP contribution in [0.1, 0.15) is 20.8 Å². The second kappa shape index (κ2) is 5.52. The molecule has 0 heterocycles. The highest BCUT2D eigenvalue weighted by Gasteiger charge is 2.07. The summed E-state index contributed by atoms with van der Waals surface area (Å²) >= 11 is 0. The van der Waals surface area contributed by atoms with Crippen molar-refractivity contribution in [3.05, 3.63) is 29.6 Å². The van der Waals surface area contributed by atoms with E-state index in [1.165, 1.54) is 0 Å². The van der Waals surface area contributed by atoms with Gasteiger partial charge in [0.05, 0.1) is 0 Å². The third kappa shape index (κ3) is 4.74. The average molecular weight is 205 g/mol. The summed E-state index contributed by atoms with van der Waals surface area (Å²) in [5.41, 5.74) is 4.85. The number of anilines is 1. The molecule has 0 aliphatic rings. The number of hydrogen-bond donors (Lipinski definition) is 1. The Morgan fingerprint density at radius 2 is 1.29 bits per heavy atom. The van der Waals surface area contributed by atoms with Gasteiger partial charge in [0, 0.05) is 17.8 Å². The summed E-state index contributed by atoms with van der Waals surface area (Å²) in [6, 6.07) is 1.44. The van der Waals surface area contributed by atoms with Crippen molar-refractivity contribution in [2.75, 3.05) is 5.73 Å². The van der Waals surface area contributed by atoms with Gasteiger partial charge < -0.3 is 5.73 Å². The molecule has 4 heteroatoms. The van der Waals surface area contributed by atoms with Crippen molar-refractivity contribution in [1.29, 1.82) is 0 Å². The number of benzene rings is 1. The third-order valence-electron chi connectivity index (χ3n) is 1.01. The van der Waals surface area contributed by atoms with Gasteiger partial charge in [0.2, 0.25) is 0 Å². The van der Waals surface area contributed by atoms with Gasteiger partial charge >= 0.3 is 0 Å². The van der Waals surface area contributed by atoms with Crippen LogP contribution in [-0.4, -0.2) is 0 Å². The van der Waals surface area contributed by atoms with Crippen LogP contribution in [-0.2, 0) is 0 Å². The van der Waals surface area contributed by atoms with Gasteiger partial charge in [-0.2, -0.15) is 0 Å². The van der Waals surface area contributed by atoms with E-state index in [0.717, 1.165) is 18.1 Å². The molecule has 0 radical (unpaired) electrons. The molecule has 0 aromatic heterocycles. The molecular formula is C10H14F3N. The summed E-state index contributed by atoms with van der Waals surface area (Å²) < 4.78 is 36.4. The van der Waals surface area contributed by atoms with E-state index in [0.29, 0.717) is 0 Å². The minimum absolute atomic E-state index is 0.128. The fraction of sp³-hybridized carbons (Fsp3) is 0.400. The molecule has 0 atom stereocenters. The third-order valence-corrected chi connectivity index (χ3v) is 1.01. The van der Waals surface area contributed by atoms with Crippen LogP contribution in [0.5, 0.6) is 0 Å². The summed E-state index contributed by atoms with van der Waals surface area (Å²) in [5, 5.41) is 0. The van der Waals surface area contributed by atoms with Crippen LogP contribution in [0.2, 0.25) is 0 Å².